The Bertz CT molecular complexity index is 815. The monoisotopic (exact) mass is 340 g/mol. The molecule has 24 heavy (non-hydrogen) atoms. The number of nitrogens with one attached hydrogen (secondary N) is 1. The van der Waals surface area contributed by atoms with E-state index in [4.69, 9.17) is 0 Å². The summed E-state index contributed by atoms with van der Waals surface area (Å²) in [6.07, 6.45) is 0.231. The zero-order chi connectivity index (χ0) is 16.9. The fourth-order valence-electron chi connectivity index (χ4n) is 2.40. The number of rotatable bonds is 5. The average molecular weight is 340 g/mol. The van der Waals surface area contributed by atoms with Gasteiger partial charge in [0.25, 0.3) is 0 Å². The quantitative estimate of drug-likeness (QED) is 0.749. The second-order valence-corrected chi connectivity index (χ2v) is 6.39. The van der Waals surface area contributed by atoms with Crippen LogP contribution in [-0.2, 0) is 11.2 Å². The van der Waals surface area contributed by atoms with E-state index in [9.17, 15) is 9.18 Å². The van der Waals surface area contributed by atoms with Gasteiger partial charge in [-0.1, -0.05) is 30.3 Å². The summed E-state index contributed by atoms with van der Waals surface area (Å²) in [6, 6.07) is 16.0. The molecule has 3 nitrogen and oxygen atoms in total. The number of carbonyl (C=O) groups is 1. The molecule has 0 aliphatic rings. The minimum Gasteiger partial charge on any atom is -0.349 e. The highest BCUT2D eigenvalue weighted by molar-refractivity contribution is 7.13. The first-order valence-electron chi connectivity index (χ1n) is 7.66. The Kier molecular flexibility index (Phi) is 5.01. The number of amides is 1. The van der Waals surface area contributed by atoms with Crippen LogP contribution in [0, 0.1) is 5.82 Å². The molecule has 2 aromatic carbocycles. The third-order valence-corrected chi connectivity index (χ3v) is 4.60. The van der Waals surface area contributed by atoms with E-state index in [1.54, 1.807) is 12.1 Å². The van der Waals surface area contributed by atoms with E-state index in [-0.39, 0.29) is 24.2 Å². The SMILES string of the molecule is C[C@@H](NC(=O)Cc1csc(-c2ccc(F)cc2)n1)c1ccccc1. The highest BCUT2D eigenvalue weighted by Gasteiger charge is 2.12. The molecule has 1 amide bonds. The van der Waals surface area contributed by atoms with Crippen LogP contribution in [0.15, 0.2) is 60.0 Å². The van der Waals surface area contributed by atoms with Gasteiger partial charge in [0, 0.05) is 10.9 Å². The van der Waals surface area contributed by atoms with Gasteiger partial charge < -0.3 is 5.32 Å². The van der Waals surface area contributed by atoms with E-state index in [0.717, 1.165) is 21.8 Å². The number of hydrogen-bond acceptors (Lipinski definition) is 3. The molecule has 0 aliphatic heterocycles. The Hall–Kier alpha value is -2.53. The van der Waals surface area contributed by atoms with E-state index in [1.165, 1.54) is 23.5 Å². The molecule has 5 heteroatoms. The fraction of sp³-hybridized carbons (Fsp3) is 0.158. The number of aromatic nitrogens is 1. The number of carbonyl (C=O) groups excluding carboxylic acids is 1. The summed E-state index contributed by atoms with van der Waals surface area (Å²) >= 11 is 1.45. The van der Waals surface area contributed by atoms with Crippen LogP contribution in [-0.4, -0.2) is 10.9 Å². The molecule has 1 atom stereocenters. The van der Waals surface area contributed by atoms with E-state index in [2.05, 4.69) is 10.3 Å². The second kappa shape index (κ2) is 7.36. The molecule has 3 rings (SSSR count). The average Bonchev–Trinajstić information content (AvgIpc) is 3.04. The normalized spacial score (nSPS) is 11.9. The number of hydrogen-bond donors (Lipinski definition) is 1. The van der Waals surface area contributed by atoms with Crippen molar-refractivity contribution < 1.29 is 9.18 Å². The Morgan fingerprint density at radius 1 is 1.17 bits per heavy atom. The molecule has 0 unspecified atom stereocenters. The van der Waals surface area contributed by atoms with Crippen LogP contribution >= 0.6 is 11.3 Å². The first-order valence-corrected chi connectivity index (χ1v) is 8.54. The van der Waals surface area contributed by atoms with Gasteiger partial charge in [0.1, 0.15) is 10.8 Å². The molecule has 0 saturated carbocycles. The van der Waals surface area contributed by atoms with Crippen molar-refractivity contribution in [3.8, 4) is 10.6 Å². The van der Waals surface area contributed by atoms with Crippen LogP contribution in [0.4, 0.5) is 4.39 Å². The van der Waals surface area contributed by atoms with Crippen molar-refractivity contribution in [2.24, 2.45) is 0 Å². The summed E-state index contributed by atoms with van der Waals surface area (Å²) in [5, 5.41) is 5.63. The molecule has 122 valence electrons. The zero-order valence-corrected chi connectivity index (χ0v) is 14.0. The lowest BCUT2D eigenvalue weighted by Crippen LogP contribution is -2.28. The van der Waals surface area contributed by atoms with E-state index in [1.807, 2.05) is 42.6 Å². The van der Waals surface area contributed by atoms with E-state index < -0.39 is 0 Å². The molecule has 1 heterocycles. The predicted molar refractivity (Wildman–Crippen MR) is 94.2 cm³/mol. The fourth-order valence-corrected chi connectivity index (χ4v) is 3.22. The lowest BCUT2D eigenvalue weighted by molar-refractivity contribution is -0.121. The predicted octanol–water partition coefficient (Wildman–Crippen LogP) is 4.37. The molecule has 0 spiro atoms. The lowest BCUT2D eigenvalue weighted by Gasteiger charge is -2.13. The minimum atomic E-state index is -0.273. The molecule has 1 aromatic heterocycles. The van der Waals surface area contributed by atoms with Crippen molar-refractivity contribution in [3.05, 3.63) is 77.1 Å². The van der Waals surface area contributed by atoms with Gasteiger partial charge in [-0.15, -0.1) is 11.3 Å². The molecule has 0 aliphatic carbocycles. The lowest BCUT2D eigenvalue weighted by atomic mass is 10.1. The maximum absolute atomic E-state index is 13.0. The number of benzene rings is 2. The third-order valence-electron chi connectivity index (χ3n) is 3.66. The highest BCUT2D eigenvalue weighted by Crippen LogP contribution is 2.24. The Morgan fingerprint density at radius 3 is 2.58 bits per heavy atom. The standard InChI is InChI=1S/C19H17FN2OS/c1-13(14-5-3-2-4-6-14)21-18(23)11-17-12-24-19(22-17)15-7-9-16(20)10-8-15/h2-10,12-13H,11H2,1H3,(H,21,23)/t13-/m1/s1. The Balaban J connectivity index is 1.62. The van der Waals surface area contributed by atoms with Crippen molar-refractivity contribution in [2.45, 2.75) is 19.4 Å². The molecule has 0 radical (unpaired) electrons. The minimum absolute atomic E-state index is 0.0473. The van der Waals surface area contributed by atoms with Crippen LogP contribution < -0.4 is 5.32 Å². The van der Waals surface area contributed by atoms with Crippen molar-refractivity contribution in [1.29, 1.82) is 0 Å². The van der Waals surface area contributed by atoms with Gasteiger partial charge in [-0.25, -0.2) is 9.37 Å². The summed E-state index contributed by atoms with van der Waals surface area (Å²) in [4.78, 5) is 16.7. The largest absolute Gasteiger partial charge is 0.349 e. The first kappa shape index (κ1) is 16.3. The molecule has 1 N–H and O–H groups in total. The van der Waals surface area contributed by atoms with Gasteiger partial charge in [0.05, 0.1) is 18.2 Å². The smallest absolute Gasteiger partial charge is 0.226 e. The summed E-state index contributed by atoms with van der Waals surface area (Å²) in [6.45, 7) is 1.96. The molecule has 3 aromatic rings. The van der Waals surface area contributed by atoms with Gasteiger partial charge in [0.15, 0.2) is 0 Å². The molecule has 0 bridgehead atoms. The van der Waals surface area contributed by atoms with Crippen LogP contribution in [0.25, 0.3) is 10.6 Å². The van der Waals surface area contributed by atoms with Gasteiger partial charge in [-0.2, -0.15) is 0 Å². The maximum Gasteiger partial charge on any atom is 0.226 e. The van der Waals surface area contributed by atoms with Crippen LogP contribution in [0.3, 0.4) is 0 Å². The third kappa shape index (κ3) is 4.06. The first-order chi connectivity index (χ1) is 11.6. The zero-order valence-electron chi connectivity index (χ0n) is 13.2. The number of thiazole rings is 1. The van der Waals surface area contributed by atoms with Crippen molar-refractivity contribution in [3.63, 3.8) is 0 Å². The van der Waals surface area contributed by atoms with Crippen molar-refractivity contribution in [2.75, 3.05) is 0 Å². The van der Waals surface area contributed by atoms with Gasteiger partial charge in [-0.05, 0) is 36.8 Å². The number of halogens is 1. The summed E-state index contributed by atoms with van der Waals surface area (Å²) < 4.78 is 13.0. The Labute approximate surface area is 144 Å². The summed E-state index contributed by atoms with van der Waals surface area (Å²) in [5.74, 6) is -0.341. The Morgan fingerprint density at radius 2 is 1.88 bits per heavy atom. The molecule has 0 saturated heterocycles. The topological polar surface area (TPSA) is 42.0 Å². The van der Waals surface area contributed by atoms with Crippen LogP contribution in [0.5, 0.6) is 0 Å². The summed E-state index contributed by atoms with van der Waals surface area (Å²) in [5.41, 5.74) is 2.64. The van der Waals surface area contributed by atoms with Crippen molar-refractivity contribution in [1.82, 2.24) is 10.3 Å². The molecular weight excluding hydrogens is 323 g/mol. The second-order valence-electron chi connectivity index (χ2n) is 5.53. The van der Waals surface area contributed by atoms with E-state index in [0.29, 0.717) is 0 Å². The highest BCUT2D eigenvalue weighted by atomic mass is 32.1. The maximum atomic E-state index is 13.0. The van der Waals surface area contributed by atoms with Crippen LogP contribution in [0.2, 0.25) is 0 Å². The molecular formula is C19H17FN2OS. The number of nitrogens with zero attached hydrogens (tertiary/aromatic N) is 1. The van der Waals surface area contributed by atoms with Gasteiger partial charge in [-0.3, -0.25) is 4.79 Å². The van der Waals surface area contributed by atoms with Gasteiger partial charge in [0.2, 0.25) is 5.91 Å². The molecule has 0 fully saturated rings. The van der Waals surface area contributed by atoms with Gasteiger partial charge >= 0.3 is 0 Å². The van der Waals surface area contributed by atoms with Crippen LogP contribution in [0.1, 0.15) is 24.2 Å². The summed E-state index contributed by atoms with van der Waals surface area (Å²) in [7, 11) is 0. The van der Waals surface area contributed by atoms with Crippen molar-refractivity contribution >= 4 is 17.2 Å². The van der Waals surface area contributed by atoms with E-state index >= 15 is 0 Å².